The monoisotopic (exact) mass is 186 g/mol. The first-order valence-corrected chi connectivity index (χ1v) is 3.91. The first-order chi connectivity index (χ1) is 3.06. The molecule has 0 amide bonds. The van der Waals surface area contributed by atoms with Crippen LogP contribution in [0.5, 0.6) is 0 Å². The maximum atomic E-state index is 5.13. The molecule has 0 unspecified atom stereocenters. The lowest BCUT2D eigenvalue weighted by molar-refractivity contribution is 0.760. The third kappa shape index (κ3) is 9.93. The molecule has 44 valence electrons. The molecule has 0 aliphatic rings. The number of halogens is 1. The summed E-state index contributed by atoms with van der Waals surface area (Å²) in [6.07, 6.45) is 5.13. The van der Waals surface area contributed by atoms with Crippen LogP contribution in [0, 0.1) is 10.5 Å². The second kappa shape index (κ2) is 4.66. The number of terminal acetylenes is 1. The summed E-state index contributed by atoms with van der Waals surface area (Å²) in [5, 5.41) is 0. The van der Waals surface area contributed by atoms with Gasteiger partial charge in [-0.3, -0.25) is 4.05 Å². The second-order valence-corrected chi connectivity index (χ2v) is 5.82. The molecule has 0 saturated carbocycles. The Kier molecular flexibility index (Phi) is 6.75. The number of hydrogen-bond acceptors (Lipinski definition) is 0. The average Bonchev–Trinajstić information content (AvgIpc) is 1.30. The fourth-order valence-corrected chi connectivity index (χ4v) is 0.919. The Labute approximate surface area is 71.9 Å². The van der Waals surface area contributed by atoms with E-state index in [1.54, 1.807) is 0 Å². The molecule has 0 aliphatic carbocycles. The van der Waals surface area contributed by atoms with Crippen LogP contribution in [0.4, 0.5) is 0 Å². The van der Waals surface area contributed by atoms with E-state index in [0.717, 1.165) is 0 Å². The first kappa shape index (κ1) is 11.6. The van der Waals surface area contributed by atoms with Crippen molar-refractivity contribution in [1.29, 1.82) is 0 Å². The van der Waals surface area contributed by atoms with Gasteiger partial charge in [-0.25, -0.2) is 0 Å². The summed E-state index contributed by atoms with van der Waals surface area (Å²) in [4.78, 5) is 0. The van der Waals surface area contributed by atoms with Gasteiger partial charge in [0, 0.05) is 0 Å². The molecule has 0 aromatic rings. The SMILES string of the molecule is Br.C#[C][Mg][C](C)(C)C. The molecule has 0 rings (SSSR count). The van der Waals surface area contributed by atoms with Gasteiger partial charge in [0.2, 0.25) is 0 Å². The van der Waals surface area contributed by atoms with E-state index in [2.05, 4.69) is 24.8 Å². The minimum absolute atomic E-state index is 0. The summed E-state index contributed by atoms with van der Waals surface area (Å²) in [6, 6.07) is 0. The Morgan fingerprint density at radius 2 is 1.75 bits per heavy atom. The van der Waals surface area contributed by atoms with E-state index >= 15 is 0 Å². The van der Waals surface area contributed by atoms with Crippen LogP contribution in [0.2, 0.25) is 3.54 Å². The van der Waals surface area contributed by atoms with Crippen molar-refractivity contribution in [3.05, 3.63) is 0 Å². The molecule has 0 N–H and O–H groups in total. The third-order valence-corrected chi connectivity index (χ3v) is 1.90. The largest absolute Gasteiger partial charge is 0.483 e. The minimum Gasteiger partial charge on any atom is -0.279 e. The Morgan fingerprint density at radius 3 is 1.75 bits per heavy atom. The highest BCUT2D eigenvalue weighted by Gasteiger charge is 2.11. The molecule has 0 aromatic carbocycles. The number of rotatable bonds is 0. The van der Waals surface area contributed by atoms with E-state index in [4.69, 9.17) is 6.42 Å². The van der Waals surface area contributed by atoms with Crippen molar-refractivity contribution < 1.29 is 0 Å². The molecule has 2 heteroatoms. The van der Waals surface area contributed by atoms with Crippen molar-refractivity contribution in [2.45, 2.75) is 24.3 Å². The van der Waals surface area contributed by atoms with Crippen molar-refractivity contribution in [1.82, 2.24) is 0 Å². The van der Waals surface area contributed by atoms with Gasteiger partial charge in [-0.05, 0) is 0 Å². The summed E-state index contributed by atoms with van der Waals surface area (Å²) in [5.74, 6) is 0. The van der Waals surface area contributed by atoms with E-state index < -0.39 is 0 Å². The highest BCUT2D eigenvalue weighted by Crippen LogP contribution is 2.18. The lowest BCUT2D eigenvalue weighted by Gasteiger charge is -2.10. The molecule has 0 aromatic heterocycles. The van der Waals surface area contributed by atoms with Gasteiger partial charge in [0.05, 0.1) is 0 Å². The van der Waals surface area contributed by atoms with Crippen molar-refractivity contribution in [2.75, 3.05) is 0 Å². The lowest BCUT2D eigenvalue weighted by Crippen LogP contribution is -2.04. The zero-order valence-electron chi connectivity index (χ0n) is 5.69. The molecule has 0 nitrogen and oxygen atoms in total. The van der Waals surface area contributed by atoms with Crippen molar-refractivity contribution >= 4 is 37.3 Å². The van der Waals surface area contributed by atoms with Gasteiger partial charge in [-0.2, -0.15) is 6.42 Å². The Bertz CT molecular complexity index is 85.7. The molecule has 0 atom stereocenters. The zero-order chi connectivity index (χ0) is 5.91. The highest BCUT2D eigenvalue weighted by molar-refractivity contribution is 8.93. The van der Waals surface area contributed by atoms with Crippen LogP contribution < -0.4 is 0 Å². The summed E-state index contributed by atoms with van der Waals surface area (Å²) >= 11 is -0.212. The summed E-state index contributed by atoms with van der Waals surface area (Å²) in [5.41, 5.74) is 0. The van der Waals surface area contributed by atoms with E-state index in [-0.39, 0.29) is 37.3 Å². The maximum absolute atomic E-state index is 5.13. The minimum atomic E-state index is -0.212. The van der Waals surface area contributed by atoms with Crippen LogP contribution in [-0.4, -0.2) is 20.4 Å². The molecule has 0 heterocycles. The van der Waals surface area contributed by atoms with Crippen molar-refractivity contribution in [3.8, 4) is 10.5 Å². The molecule has 0 spiro atoms. The standard InChI is InChI=1S/C4H9.C2H.BrH.Mg/c1-4(2)3;1-2;;/h1-3H3;1H;1H;. The van der Waals surface area contributed by atoms with Crippen LogP contribution in [0.25, 0.3) is 0 Å². The van der Waals surface area contributed by atoms with Gasteiger partial charge in [-0.1, -0.05) is 20.8 Å². The lowest BCUT2D eigenvalue weighted by atomic mass is 10.2. The topological polar surface area (TPSA) is 0 Å². The van der Waals surface area contributed by atoms with Crippen molar-refractivity contribution in [2.24, 2.45) is 0 Å². The number of hydrogen-bond donors (Lipinski definition) is 0. The van der Waals surface area contributed by atoms with Gasteiger partial charge in [0.15, 0.2) is 0 Å². The molecular weight excluding hydrogens is 176 g/mol. The molecule has 0 aliphatic heterocycles. The van der Waals surface area contributed by atoms with Gasteiger partial charge >= 0.3 is 20.4 Å². The van der Waals surface area contributed by atoms with Gasteiger partial charge in [0.25, 0.3) is 0 Å². The maximum Gasteiger partial charge on any atom is 0.483 e. The van der Waals surface area contributed by atoms with Crippen molar-refractivity contribution in [3.63, 3.8) is 0 Å². The second-order valence-electron chi connectivity index (χ2n) is 2.94. The van der Waals surface area contributed by atoms with Crippen LogP contribution >= 0.6 is 17.0 Å². The fourth-order valence-electron chi connectivity index (χ4n) is 0.306. The predicted octanol–water partition coefficient (Wildman–Crippen LogP) is 2.08. The smallest absolute Gasteiger partial charge is 0.279 e. The molecule has 0 bridgehead atoms. The van der Waals surface area contributed by atoms with E-state index in [0.29, 0.717) is 3.54 Å². The van der Waals surface area contributed by atoms with E-state index in [1.807, 2.05) is 0 Å². The first-order valence-electron chi connectivity index (χ1n) is 2.50. The Morgan fingerprint density at radius 1 is 1.38 bits per heavy atom. The normalized spacial score (nSPS) is 8.25. The summed E-state index contributed by atoms with van der Waals surface area (Å²) in [7, 11) is 0. The van der Waals surface area contributed by atoms with Crippen LogP contribution in [0.3, 0.4) is 0 Å². The molecule has 8 heavy (non-hydrogen) atoms. The molecule has 0 fully saturated rings. The predicted molar refractivity (Wildman–Crippen MR) is 44.6 cm³/mol. The van der Waals surface area contributed by atoms with Crippen LogP contribution in [-0.2, 0) is 0 Å². The third-order valence-electron chi connectivity index (χ3n) is 0.632. The molecular formula is C6H11BrMg. The average molecular weight is 187 g/mol. The zero-order valence-corrected chi connectivity index (χ0v) is 8.82. The fraction of sp³-hybridized carbons (Fsp3) is 0.667. The van der Waals surface area contributed by atoms with Gasteiger partial charge in [0.1, 0.15) is 0 Å². The van der Waals surface area contributed by atoms with Gasteiger partial charge in [-0.15, -0.1) is 20.5 Å². The van der Waals surface area contributed by atoms with Crippen LogP contribution in [0.15, 0.2) is 0 Å². The van der Waals surface area contributed by atoms with Gasteiger partial charge < -0.3 is 0 Å². The van der Waals surface area contributed by atoms with E-state index in [9.17, 15) is 0 Å². The highest BCUT2D eigenvalue weighted by atomic mass is 79.9. The summed E-state index contributed by atoms with van der Waals surface area (Å²) in [6.45, 7) is 6.58. The summed E-state index contributed by atoms with van der Waals surface area (Å²) < 4.78 is 3.20. The Balaban J connectivity index is 0. The molecule has 0 saturated heterocycles. The Hall–Kier alpha value is 0.806. The van der Waals surface area contributed by atoms with Crippen LogP contribution in [0.1, 0.15) is 20.8 Å². The quantitative estimate of drug-likeness (QED) is 0.402. The van der Waals surface area contributed by atoms with E-state index in [1.165, 1.54) is 0 Å². The molecule has 0 radical (unpaired) electrons.